The Bertz CT molecular complexity index is 682. The molecule has 1 aromatic carbocycles. The first-order valence-electron chi connectivity index (χ1n) is 8.58. The first-order valence-corrected chi connectivity index (χ1v) is 8.58. The Kier molecular flexibility index (Phi) is 5.01. The van der Waals surface area contributed by atoms with Crippen LogP contribution in [0.5, 0.6) is 5.75 Å². The van der Waals surface area contributed by atoms with E-state index in [1.54, 1.807) is 6.92 Å². The predicted molar refractivity (Wildman–Crippen MR) is 88.4 cm³/mol. The Morgan fingerprint density at radius 2 is 1.88 bits per heavy atom. The Hall–Kier alpha value is -2.44. The summed E-state index contributed by atoms with van der Waals surface area (Å²) in [5, 5.41) is 2.60. The maximum atomic E-state index is 13.3. The number of hydrogen-bond acceptors (Lipinski definition) is 4. The highest BCUT2D eigenvalue weighted by Gasteiger charge is 2.48. The number of amides is 3. The second-order valence-corrected chi connectivity index (χ2v) is 6.38. The van der Waals surface area contributed by atoms with Gasteiger partial charge in [-0.15, -0.1) is 0 Å². The van der Waals surface area contributed by atoms with E-state index < -0.39 is 11.7 Å². The molecule has 2 fully saturated rings. The molecule has 0 bridgehead atoms. The number of nitrogens with one attached hydrogen (secondary N) is 1. The minimum Gasteiger partial charge on any atom is -0.492 e. The molecule has 3 rings (SSSR count). The van der Waals surface area contributed by atoms with Gasteiger partial charge in [0.1, 0.15) is 18.1 Å². The average Bonchev–Trinajstić information content (AvgIpc) is 2.83. The van der Waals surface area contributed by atoms with Crippen LogP contribution < -0.4 is 10.1 Å². The molecule has 134 valence electrons. The summed E-state index contributed by atoms with van der Waals surface area (Å²) in [4.78, 5) is 38.2. The van der Waals surface area contributed by atoms with Gasteiger partial charge in [0.25, 0.3) is 0 Å². The second kappa shape index (κ2) is 7.21. The number of benzene rings is 1. The van der Waals surface area contributed by atoms with Gasteiger partial charge in [-0.2, -0.15) is 0 Å². The number of ether oxygens (including phenoxy) is 1. The quantitative estimate of drug-likeness (QED) is 0.829. The van der Waals surface area contributed by atoms with E-state index in [4.69, 9.17) is 4.74 Å². The molecule has 2 unspecified atom stereocenters. The Labute approximate surface area is 145 Å². The summed E-state index contributed by atoms with van der Waals surface area (Å²) < 4.78 is 18.6. The highest BCUT2D eigenvalue weighted by molar-refractivity contribution is 6.08. The SMILES string of the molecule is CCOc1cc(F)ccc1NC(=O)CN1C(=O)C2CCCCC2C1=O. The van der Waals surface area contributed by atoms with Crippen LogP contribution in [0, 0.1) is 17.7 Å². The largest absolute Gasteiger partial charge is 0.492 e. The zero-order valence-electron chi connectivity index (χ0n) is 14.1. The van der Waals surface area contributed by atoms with Crippen LogP contribution in [0.3, 0.4) is 0 Å². The zero-order chi connectivity index (χ0) is 18.0. The summed E-state index contributed by atoms with van der Waals surface area (Å²) in [5.41, 5.74) is 0.310. The third kappa shape index (κ3) is 3.50. The fourth-order valence-corrected chi connectivity index (χ4v) is 3.59. The molecule has 0 spiro atoms. The van der Waals surface area contributed by atoms with Crippen LogP contribution in [0.1, 0.15) is 32.6 Å². The van der Waals surface area contributed by atoms with Crippen molar-refractivity contribution in [3.8, 4) is 5.75 Å². The normalized spacial score (nSPS) is 22.7. The number of imide groups is 1. The maximum absolute atomic E-state index is 13.3. The lowest BCUT2D eigenvalue weighted by atomic mass is 9.81. The Morgan fingerprint density at radius 1 is 1.24 bits per heavy atom. The molecule has 1 aliphatic carbocycles. The van der Waals surface area contributed by atoms with E-state index in [0.717, 1.165) is 17.7 Å². The molecule has 1 aliphatic heterocycles. The van der Waals surface area contributed by atoms with Gasteiger partial charge in [0, 0.05) is 6.07 Å². The number of halogens is 1. The van der Waals surface area contributed by atoms with E-state index in [1.807, 2.05) is 0 Å². The smallest absolute Gasteiger partial charge is 0.244 e. The van der Waals surface area contributed by atoms with E-state index in [0.29, 0.717) is 25.1 Å². The minimum atomic E-state index is -0.507. The van der Waals surface area contributed by atoms with Gasteiger partial charge in [-0.25, -0.2) is 4.39 Å². The topological polar surface area (TPSA) is 75.7 Å². The van der Waals surface area contributed by atoms with Crippen molar-refractivity contribution in [2.75, 3.05) is 18.5 Å². The van der Waals surface area contributed by atoms with Crippen molar-refractivity contribution in [1.82, 2.24) is 4.90 Å². The number of anilines is 1. The number of nitrogens with zero attached hydrogens (tertiary/aromatic N) is 1. The third-order valence-electron chi connectivity index (χ3n) is 4.75. The lowest BCUT2D eigenvalue weighted by Crippen LogP contribution is -2.38. The fourth-order valence-electron chi connectivity index (χ4n) is 3.59. The van der Waals surface area contributed by atoms with Crippen LogP contribution in [-0.4, -0.2) is 35.8 Å². The molecule has 3 amide bonds. The van der Waals surface area contributed by atoms with Gasteiger partial charge in [0.05, 0.1) is 24.1 Å². The molecule has 1 aromatic rings. The van der Waals surface area contributed by atoms with Gasteiger partial charge in [0.2, 0.25) is 17.7 Å². The first-order chi connectivity index (χ1) is 12.0. The molecule has 1 saturated carbocycles. The summed E-state index contributed by atoms with van der Waals surface area (Å²) in [5.74, 6) is -1.84. The number of likely N-dealkylation sites (tertiary alicyclic amines) is 1. The standard InChI is InChI=1S/C18H21FN2O4/c1-2-25-15-9-11(19)7-8-14(15)20-16(22)10-21-17(23)12-5-3-4-6-13(12)18(21)24/h7-9,12-13H,2-6,10H2,1H3,(H,20,22). The number of hydrogen-bond donors (Lipinski definition) is 1. The van der Waals surface area contributed by atoms with Crippen LogP contribution in [0.25, 0.3) is 0 Å². The molecule has 1 N–H and O–H groups in total. The van der Waals surface area contributed by atoms with Crippen LogP contribution in [0.15, 0.2) is 18.2 Å². The summed E-state index contributed by atoms with van der Waals surface area (Å²) >= 11 is 0. The van der Waals surface area contributed by atoms with E-state index >= 15 is 0 Å². The lowest BCUT2D eigenvalue weighted by Gasteiger charge is -2.19. The molecule has 6 nitrogen and oxygen atoms in total. The predicted octanol–water partition coefficient (Wildman–Crippen LogP) is 2.34. The lowest BCUT2D eigenvalue weighted by molar-refractivity contribution is -0.142. The van der Waals surface area contributed by atoms with Crippen molar-refractivity contribution < 1.29 is 23.5 Å². The molecule has 1 heterocycles. The molecule has 1 saturated heterocycles. The van der Waals surface area contributed by atoms with Crippen molar-refractivity contribution in [2.24, 2.45) is 11.8 Å². The van der Waals surface area contributed by atoms with Crippen molar-refractivity contribution in [3.05, 3.63) is 24.0 Å². The summed E-state index contributed by atoms with van der Waals surface area (Å²) in [6.07, 6.45) is 3.29. The molecular formula is C18H21FN2O4. The number of rotatable bonds is 5. The zero-order valence-corrected chi connectivity index (χ0v) is 14.1. The number of fused-ring (bicyclic) bond motifs is 1. The molecule has 2 atom stereocenters. The highest BCUT2D eigenvalue weighted by atomic mass is 19.1. The van der Waals surface area contributed by atoms with Gasteiger partial charge in [-0.3, -0.25) is 19.3 Å². The third-order valence-corrected chi connectivity index (χ3v) is 4.75. The molecular weight excluding hydrogens is 327 g/mol. The second-order valence-electron chi connectivity index (χ2n) is 6.38. The van der Waals surface area contributed by atoms with Crippen LogP contribution >= 0.6 is 0 Å². The van der Waals surface area contributed by atoms with Gasteiger partial charge in [-0.05, 0) is 31.9 Å². The Balaban J connectivity index is 1.69. The molecule has 0 radical (unpaired) electrons. The average molecular weight is 348 g/mol. The monoisotopic (exact) mass is 348 g/mol. The van der Waals surface area contributed by atoms with Crippen LogP contribution in [0.4, 0.5) is 10.1 Å². The van der Waals surface area contributed by atoms with E-state index in [-0.39, 0.29) is 35.9 Å². The van der Waals surface area contributed by atoms with E-state index in [9.17, 15) is 18.8 Å². The van der Waals surface area contributed by atoms with Crippen molar-refractivity contribution in [2.45, 2.75) is 32.6 Å². The summed E-state index contributed by atoms with van der Waals surface area (Å²) in [7, 11) is 0. The van der Waals surface area contributed by atoms with Crippen molar-refractivity contribution in [1.29, 1.82) is 0 Å². The van der Waals surface area contributed by atoms with Crippen LogP contribution in [0.2, 0.25) is 0 Å². The maximum Gasteiger partial charge on any atom is 0.244 e. The fraction of sp³-hybridized carbons (Fsp3) is 0.500. The molecule has 25 heavy (non-hydrogen) atoms. The highest BCUT2D eigenvalue weighted by Crippen LogP contribution is 2.38. The molecule has 2 aliphatic rings. The van der Waals surface area contributed by atoms with E-state index in [2.05, 4.69) is 5.32 Å². The van der Waals surface area contributed by atoms with Crippen LogP contribution in [-0.2, 0) is 14.4 Å². The van der Waals surface area contributed by atoms with Gasteiger partial charge >= 0.3 is 0 Å². The minimum absolute atomic E-state index is 0.212. The van der Waals surface area contributed by atoms with E-state index in [1.165, 1.54) is 18.2 Å². The number of carbonyl (C=O) groups excluding carboxylic acids is 3. The van der Waals surface area contributed by atoms with Gasteiger partial charge in [0.15, 0.2) is 0 Å². The van der Waals surface area contributed by atoms with Crippen molar-refractivity contribution in [3.63, 3.8) is 0 Å². The van der Waals surface area contributed by atoms with Crippen molar-refractivity contribution >= 4 is 23.4 Å². The first kappa shape index (κ1) is 17.4. The summed E-state index contributed by atoms with van der Waals surface area (Å²) in [6, 6.07) is 3.78. The molecule has 0 aromatic heterocycles. The molecule has 7 heteroatoms. The summed E-state index contributed by atoms with van der Waals surface area (Å²) in [6.45, 7) is 1.74. The van der Waals surface area contributed by atoms with Gasteiger partial charge in [-0.1, -0.05) is 12.8 Å². The number of carbonyl (C=O) groups is 3. The Morgan fingerprint density at radius 3 is 2.48 bits per heavy atom. The van der Waals surface area contributed by atoms with Gasteiger partial charge < -0.3 is 10.1 Å².